The highest BCUT2D eigenvalue weighted by Gasteiger charge is 2.19. The van der Waals surface area contributed by atoms with E-state index in [-0.39, 0.29) is 10.5 Å². The fourth-order valence-corrected chi connectivity index (χ4v) is 3.98. The van der Waals surface area contributed by atoms with E-state index < -0.39 is 16.0 Å². The standard InChI is InChI=1S/C18H16BrN3O4S/c1-12-8-9-20-22(12)14-5-3-4-13(10-14)21-27(24,25)15-6-7-17(19)16(11-15)18(23)26-2/h3-11,21H,1-2H3. The van der Waals surface area contributed by atoms with Gasteiger partial charge in [-0.1, -0.05) is 6.07 Å². The van der Waals surface area contributed by atoms with Crippen molar-refractivity contribution in [2.45, 2.75) is 11.8 Å². The minimum Gasteiger partial charge on any atom is -0.465 e. The van der Waals surface area contributed by atoms with Gasteiger partial charge in [0.25, 0.3) is 10.0 Å². The third-order valence-electron chi connectivity index (χ3n) is 3.83. The zero-order chi connectivity index (χ0) is 19.6. The van der Waals surface area contributed by atoms with Crippen molar-refractivity contribution in [1.82, 2.24) is 9.78 Å². The van der Waals surface area contributed by atoms with E-state index in [0.717, 1.165) is 11.4 Å². The van der Waals surface area contributed by atoms with Gasteiger partial charge < -0.3 is 4.74 Å². The highest BCUT2D eigenvalue weighted by molar-refractivity contribution is 9.10. The number of sulfonamides is 1. The van der Waals surface area contributed by atoms with Crippen LogP contribution in [0.25, 0.3) is 5.69 Å². The zero-order valence-electron chi connectivity index (χ0n) is 14.5. The number of esters is 1. The number of aromatic nitrogens is 2. The van der Waals surface area contributed by atoms with Crippen LogP contribution in [0, 0.1) is 6.92 Å². The third kappa shape index (κ3) is 4.04. The molecule has 140 valence electrons. The molecule has 0 aliphatic heterocycles. The molecule has 27 heavy (non-hydrogen) atoms. The number of halogens is 1. The average molecular weight is 450 g/mol. The molecule has 1 heterocycles. The van der Waals surface area contributed by atoms with E-state index in [1.807, 2.05) is 19.1 Å². The largest absolute Gasteiger partial charge is 0.465 e. The lowest BCUT2D eigenvalue weighted by Gasteiger charge is -2.12. The highest BCUT2D eigenvalue weighted by atomic mass is 79.9. The fraction of sp³-hybridized carbons (Fsp3) is 0.111. The number of carbonyl (C=O) groups excluding carboxylic acids is 1. The summed E-state index contributed by atoms with van der Waals surface area (Å²) in [6.45, 7) is 1.90. The molecule has 0 amide bonds. The van der Waals surface area contributed by atoms with Crippen LogP contribution in [-0.2, 0) is 14.8 Å². The first-order chi connectivity index (χ1) is 12.8. The topological polar surface area (TPSA) is 90.3 Å². The van der Waals surface area contributed by atoms with Gasteiger partial charge in [-0.25, -0.2) is 17.9 Å². The molecule has 3 aromatic rings. The lowest BCUT2D eigenvalue weighted by molar-refractivity contribution is 0.0599. The summed E-state index contributed by atoms with van der Waals surface area (Å²) >= 11 is 3.22. The molecule has 0 spiro atoms. The van der Waals surface area contributed by atoms with E-state index in [9.17, 15) is 13.2 Å². The van der Waals surface area contributed by atoms with Gasteiger partial charge in [0, 0.05) is 16.4 Å². The summed E-state index contributed by atoms with van der Waals surface area (Å²) in [5.74, 6) is -0.630. The van der Waals surface area contributed by atoms with Crippen LogP contribution in [-0.4, -0.2) is 31.3 Å². The van der Waals surface area contributed by atoms with Crippen LogP contribution >= 0.6 is 15.9 Å². The SMILES string of the molecule is COC(=O)c1cc(S(=O)(=O)Nc2cccc(-n3nccc3C)c2)ccc1Br. The van der Waals surface area contributed by atoms with Gasteiger partial charge in [0.2, 0.25) is 0 Å². The second-order valence-corrected chi connectivity index (χ2v) is 8.21. The van der Waals surface area contributed by atoms with Crippen LogP contribution in [0.15, 0.2) is 64.1 Å². The molecule has 0 saturated heterocycles. The number of rotatable bonds is 5. The number of nitrogens with zero attached hydrogens (tertiary/aromatic N) is 2. The molecule has 0 atom stereocenters. The number of benzene rings is 2. The molecule has 0 radical (unpaired) electrons. The lowest BCUT2D eigenvalue weighted by atomic mass is 10.2. The summed E-state index contributed by atoms with van der Waals surface area (Å²) < 4.78 is 34.8. The first-order valence-corrected chi connectivity index (χ1v) is 10.1. The fourth-order valence-electron chi connectivity index (χ4n) is 2.49. The summed E-state index contributed by atoms with van der Waals surface area (Å²) in [5.41, 5.74) is 2.15. The van der Waals surface area contributed by atoms with Crippen LogP contribution in [0.1, 0.15) is 16.1 Å². The molecule has 0 aliphatic rings. The van der Waals surface area contributed by atoms with E-state index in [2.05, 4.69) is 30.5 Å². The Morgan fingerprint density at radius 1 is 1.19 bits per heavy atom. The molecule has 1 N–H and O–H groups in total. The van der Waals surface area contributed by atoms with Gasteiger partial charge >= 0.3 is 5.97 Å². The van der Waals surface area contributed by atoms with Crippen LogP contribution < -0.4 is 4.72 Å². The zero-order valence-corrected chi connectivity index (χ0v) is 16.9. The Kier molecular flexibility index (Phi) is 5.33. The summed E-state index contributed by atoms with van der Waals surface area (Å²) in [6.07, 6.45) is 1.67. The van der Waals surface area contributed by atoms with Crippen molar-refractivity contribution in [2.24, 2.45) is 0 Å². The Labute approximate surface area is 165 Å². The molecular formula is C18H16BrN3O4S. The van der Waals surface area contributed by atoms with Crippen LogP contribution in [0.3, 0.4) is 0 Å². The summed E-state index contributed by atoms with van der Waals surface area (Å²) in [6, 6.07) is 12.9. The molecule has 2 aromatic carbocycles. The van der Waals surface area contributed by atoms with Crippen LogP contribution in [0.2, 0.25) is 0 Å². The quantitative estimate of drug-likeness (QED) is 0.601. The number of hydrogen-bond donors (Lipinski definition) is 1. The van der Waals surface area contributed by atoms with E-state index in [1.54, 1.807) is 29.1 Å². The van der Waals surface area contributed by atoms with Crippen LogP contribution in [0.5, 0.6) is 0 Å². The molecule has 0 fully saturated rings. The molecule has 7 nitrogen and oxygen atoms in total. The second kappa shape index (κ2) is 7.53. The lowest BCUT2D eigenvalue weighted by Crippen LogP contribution is -2.14. The number of aryl methyl sites for hydroxylation is 1. The Morgan fingerprint density at radius 2 is 1.96 bits per heavy atom. The van der Waals surface area contributed by atoms with E-state index >= 15 is 0 Å². The molecular weight excluding hydrogens is 434 g/mol. The first-order valence-electron chi connectivity index (χ1n) is 7.83. The maximum Gasteiger partial charge on any atom is 0.339 e. The number of carbonyl (C=O) groups is 1. The van der Waals surface area contributed by atoms with E-state index in [0.29, 0.717) is 10.2 Å². The first kappa shape index (κ1) is 19.1. The van der Waals surface area contributed by atoms with Gasteiger partial charge in [0.15, 0.2) is 0 Å². The molecule has 0 bridgehead atoms. The molecule has 0 aliphatic carbocycles. The Bertz CT molecular complexity index is 1110. The smallest absolute Gasteiger partial charge is 0.339 e. The normalized spacial score (nSPS) is 11.2. The number of hydrogen-bond acceptors (Lipinski definition) is 5. The van der Waals surface area contributed by atoms with Gasteiger partial charge in [0.05, 0.1) is 28.9 Å². The van der Waals surface area contributed by atoms with Crippen molar-refractivity contribution in [1.29, 1.82) is 0 Å². The minimum atomic E-state index is -3.90. The summed E-state index contributed by atoms with van der Waals surface area (Å²) in [5, 5.41) is 4.21. The predicted molar refractivity (Wildman–Crippen MR) is 105 cm³/mol. The number of ether oxygens (including phenoxy) is 1. The molecule has 0 saturated carbocycles. The van der Waals surface area contributed by atoms with Crippen molar-refractivity contribution >= 4 is 37.6 Å². The number of nitrogens with one attached hydrogen (secondary N) is 1. The van der Waals surface area contributed by atoms with E-state index in [4.69, 9.17) is 0 Å². The van der Waals surface area contributed by atoms with Gasteiger partial charge in [-0.2, -0.15) is 5.10 Å². The number of methoxy groups -OCH3 is 1. The van der Waals surface area contributed by atoms with E-state index in [1.165, 1.54) is 25.3 Å². The van der Waals surface area contributed by atoms with Gasteiger partial charge in [0.1, 0.15) is 0 Å². The second-order valence-electron chi connectivity index (χ2n) is 5.67. The molecule has 1 aromatic heterocycles. The minimum absolute atomic E-state index is 0.0493. The van der Waals surface area contributed by atoms with Crippen molar-refractivity contribution in [3.05, 3.63) is 70.5 Å². The Morgan fingerprint density at radius 3 is 2.63 bits per heavy atom. The highest BCUT2D eigenvalue weighted by Crippen LogP contribution is 2.24. The van der Waals surface area contributed by atoms with Crippen molar-refractivity contribution in [2.75, 3.05) is 11.8 Å². The maximum atomic E-state index is 12.7. The van der Waals surface area contributed by atoms with Crippen molar-refractivity contribution < 1.29 is 17.9 Å². The van der Waals surface area contributed by atoms with Crippen molar-refractivity contribution in [3.8, 4) is 5.69 Å². The Hall–Kier alpha value is -2.65. The Balaban J connectivity index is 1.94. The number of anilines is 1. The van der Waals surface area contributed by atoms with Gasteiger partial charge in [-0.3, -0.25) is 4.72 Å². The monoisotopic (exact) mass is 449 g/mol. The average Bonchev–Trinajstić information content (AvgIpc) is 3.07. The van der Waals surface area contributed by atoms with Gasteiger partial charge in [-0.05, 0) is 65.3 Å². The molecule has 3 rings (SSSR count). The van der Waals surface area contributed by atoms with Crippen molar-refractivity contribution in [3.63, 3.8) is 0 Å². The maximum absolute atomic E-state index is 12.7. The molecule has 9 heteroatoms. The molecule has 0 unspecified atom stereocenters. The van der Waals surface area contributed by atoms with Crippen LogP contribution in [0.4, 0.5) is 5.69 Å². The predicted octanol–water partition coefficient (Wildman–Crippen LogP) is 3.53. The van der Waals surface area contributed by atoms with Gasteiger partial charge in [-0.15, -0.1) is 0 Å². The third-order valence-corrected chi connectivity index (χ3v) is 5.90. The summed E-state index contributed by atoms with van der Waals surface area (Å²) in [4.78, 5) is 11.8. The summed E-state index contributed by atoms with van der Waals surface area (Å²) in [7, 11) is -2.67.